The Kier molecular flexibility index (Phi) is 4.44. The van der Waals surface area contributed by atoms with E-state index in [0.29, 0.717) is 6.54 Å². The Morgan fingerprint density at radius 3 is 2.89 bits per heavy atom. The first-order chi connectivity index (χ1) is 8.83. The van der Waals surface area contributed by atoms with Gasteiger partial charge in [-0.2, -0.15) is 5.10 Å². The summed E-state index contributed by atoms with van der Waals surface area (Å²) in [6, 6.07) is 7.91. The van der Waals surface area contributed by atoms with E-state index in [9.17, 15) is 0 Å². The molecule has 1 aromatic carbocycles. The van der Waals surface area contributed by atoms with Crippen LogP contribution in [0.5, 0.6) is 0 Å². The Hall–Kier alpha value is -1.72. The maximum absolute atomic E-state index is 9.06. The van der Waals surface area contributed by atoms with Gasteiger partial charge in [0.1, 0.15) is 12.2 Å². The number of aliphatic hydroxyl groups is 1. The molecule has 18 heavy (non-hydrogen) atoms. The van der Waals surface area contributed by atoms with Crippen LogP contribution in [-0.2, 0) is 26.2 Å². The van der Waals surface area contributed by atoms with Crippen molar-refractivity contribution < 1.29 is 5.11 Å². The molecule has 0 saturated carbocycles. The highest BCUT2D eigenvalue weighted by atomic mass is 16.3. The Labute approximate surface area is 106 Å². The minimum Gasteiger partial charge on any atom is -0.392 e. The van der Waals surface area contributed by atoms with Gasteiger partial charge in [0.25, 0.3) is 0 Å². The SMILES string of the molecule is CCn1ncnc1CNCc1cccc(CO)c1. The number of aryl methyl sites for hydroxylation is 1. The summed E-state index contributed by atoms with van der Waals surface area (Å²) in [6.07, 6.45) is 1.58. The molecule has 1 aromatic heterocycles. The first-order valence-corrected chi connectivity index (χ1v) is 6.09. The van der Waals surface area contributed by atoms with E-state index >= 15 is 0 Å². The lowest BCUT2D eigenvalue weighted by Crippen LogP contribution is -2.17. The maximum Gasteiger partial charge on any atom is 0.140 e. The van der Waals surface area contributed by atoms with Crippen LogP contribution in [0.15, 0.2) is 30.6 Å². The summed E-state index contributed by atoms with van der Waals surface area (Å²) in [4.78, 5) is 4.20. The first-order valence-electron chi connectivity index (χ1n) is 6.09. The standard InChI is InChI=1S/C13H18N4O/c1-2-17-13(15-10-16-17)8-14-7-11-4-3-5-12(6-11)9-18/h3-6,10,14,18H,2,7-9H2,1H3. The van der Waals surface area contributed by atoms with Crippen molar-refractivity contribution in [1.82, 2.24) is 20.1 Å². The van der Waals surface area contributed by atoms with Gasteiger partial charge in [0.15, 0.2) is 0 Å². The molecule has 96 valence electrons. The van der Waals surface area contributed by atoms with E-state index in [-0.39, 0.29) is 6.61 Å². The molecule has 2 N–H and O–H groups in total. The molecule has 5 nitrogen and oxygen atoms in total. The predicted octanol–water partition coefficient (Wildman–Crippen LogP) is 1.08. The predicted molar refractivity (Wildman–Crippen MR) is 68.6 cm³/mol. The monoisotopic (exact) mass is 246 g/mol. The summed E-state index contributed by atoms with van der Waals surface area (Å²) in [7, 11) is 0. The van der Waals surface area contributed by atoms with Gasteiger partial charge in [-0.05, 0) is 18.1 Å². The van der Waals surface area contributed by atoms with Crippen molar-refractivity contribution in [3.05, 3.63) is 47.5 Å². The minimum absolute atomic E-state index is 0.0814. The van der Waals surface area contributed by atoms with Gasteiger partial charge >= 0.3 is 0 Å². The van der Waals surface area contributed by atoms with Crippen molar-refractivity contribution in [1.29, 1.82) is 0 Å². The first kappa shape index (κ1) is 12.7. The van der Waals surface area contributed by atoms with Gasteiger partial charge in [-0.3, -0.25) is 0 Å². The Balaban J connectivity index is 1.88. The van der Waals surface area contributed by atoms with E-state index in [2.05, 4.69) is 15.4 Å². The van der Waals surface area contributed by atoms with Crippen LogP contribution in [0.25, 0.3) is 0 Å². The summed E-state index contributed by atoms with van der Waals surface area (Å²) in [5.74, 6) is 0.941. The Bertz CT molecular complexity index is 495. The van der Waals surface area contributed by atoms with Gasteiger partial charge in [-0.25, -0.2) is 9.67 Å². The molecule has 0 radical (unpaired) electrons. The molecule has 0 aliphatic carbocycles. The van der Waals surface area contributed by atoms with E-state index in [1.54, 1.807) is 6.33 Å². The lowest BCUT2D eigenvalue weighted by Gasteiger charge is -2.06. The summed E-state index contributed by atoms with van der Waals surface area (Å²) < 4.78 is 1.87. The molecule has 0 bridgehead atoms. The average Bonchev–Trinajstić information content (AvgIpc) is 2.86. The molecule has 0 aliphatic rings. The molecular weight excluding hydrogens is 228 g/mol. The van der Waals surface area contributed by atoms with Crippen LogP contribution in [0.2, 0.25) is 0 Å². The normalized spacial score (nSPS) is 10.8. The molecule has 0 spiro atoms. The molecule has 1 heterocycles. The number of rotatable bonds is 6. The van der Waals surface area contributed by atoms with Crippen LogP contribution in [0.4, 0.5) is 0 Å². The molecule has 0 fully saturated rings. The van der Waals surface area contributed by atoms with Crippen molar-refractivity contribution >= 4 is 0 Å². The molecule has 2 aromatic rings. The molecule has 0 amide bonds. The van der Waals surface area contributed by atoms with Gasteiger partial charge in [-0.15, -0.1) is 0 Å². The van der Waals surface area contributed by atoms with Crippen LogP contribution >= 0.6 is 0 Å². The fourth-order valence-corrected chi connectivity index (χ4v) is 1.85. The zero-order chi connectivity index (χ0) is 12.8. The molecule has 0 atom stereocenters. The van der Waals surface area contributed by atoms with E-state index in [1.165, 1.54) is 0 Å². The lowest BCUT2D eigenvalue weighted by atomic mass is 10.1. The summed E-state index contributed by atoms with van der Waals surface area (Å²) >= 11 is 0. The van der Waals surface area contributed by atoms with Gasteiger partial charge in [0.05, 0.1) is 13.2 Å². The molecule has 0 aliphatic heterocycles. The highest BCUT2D eigenvalue weighted by Crippen LogP contribution is 2.05. The van der Waals surface area contributed by atoms with Crippen molar-refractivity contribution in [3.63, 3.8) is 0 Å². The zero-order valence-electron chi connectivity index (χ0n) is 10.5. The quantitative estimate of drug-likeness (QED) is 0.800. The highest BCUT2D eigenvalue weighted by molar-refractivity contribution is 5.22. The van der Waals surface area contributed by atoms with Crippen molar-refractivity contribution in [3.8, 4) is 0 Å². The van der Waals surface area contributed by atoms with Crippen LogP contribution in [0.3, 0.4) is 0 Å². The zero-order valence-corrected chi connectivity index (χ0v) is 10.5. The van der Waals surface area contributed by atoms with E-state index in [0.717, 1.165) is 30.0 Å². The minimum atomic E-state index is 0.0814. The number of hydrogen-bond donors (Lipinski definition) is 2. The fraction of sp³-hybridized carbons (Fsp3) is 0.385. The van der Waals surface area contributed by atoms with Gasteiger partial charge in [0, 0.05) is 13.1 Å². The average molecular weight is 246 g/mol. The maximum atomic E-state index is 9.06. The molecule has 2 rings (SSSR count). The molecule has 0 saturated heterocycles. The second-order valence-electron chi connectivity index (χ2n) is 4.07. The second-order valence-corrected chi connectivity index (χ2v) is 4.07. The number of benzene rings is 1. The van der Waals surface area contributed by atoms with Gasteiger partial charge in [0.2, 0.25) is 0 Å². The van der Waals surface area contributed by atoms with Crippen LogP contribution in [0.1, 0.15) is 23.9 Å². The summed E-state index contributed by atoms with van der Waals surface area (Å²) in [5.41, 5.74) is 2.09. The van der Waals surface area contributed by atoms with Crippen LogP contribution < -0.4 is 5.32 Å². The fourth-order valence-electron chi connectivity index (χ4n) is 1.85. The smallest absolute Gasteiger partial charge is 0.140 e. The third-order valence-corrected chi connectivity index (χ3v) is 2.78. The van der Waals surface area contributed by atoms with E-state index < -0.39 is 0 Å². The number of hydrogen-bond acceptors (Lipinski definition) is 4. The highest BCUT2D eigenvalue weighted by Gasteiger charge is 2.01. The lowest BCUT2D eigenvalue weighted by molar-refractivity contribution is 0.281. The van der Waals surface area contributed by atoms with Gasteiger partial charge in [-0.1, -0.05) is 24.3 Å². The Morgan fingerprint density at radius 2 is 2.11 bits per heavy atom. The van der Waals surface area contributed by atoms with Crippen molar-refractivity contribution in [2.45, 2.75) is 33.2 Å². The molecule has 5 heteroatoms. The van der Waals surface area contributed by atoms with E-state index in [1.807, 2.05) is 35.9 Å². The van der Waals surface area contributed by atoms with Crippen LogP contribution in [-0.4, -0.2) is 19.9 Å². The number of aliphatic hydroxyl groups excluding tert-OH is 1. The Morgan fingerprint density at radius 1 is 1.28 bits per heavy atom. The van der Waals surface area contributed by atoms with Crippen molar-refractivity contribution in [2.24, 2.45) is 0 Å². The number of nitrogens with zero attached hydrogens (tertiary/aromatic N) is 3. The largest absolute Gasteiger partial charge is 0.392 e. The van der Waals surface area contributed by atoms with Crippen molar-refractivity contribution in [2.75, 3.05) is 0 Å². The van der Waals surface area contributed by atoms with Crippen LogP contribution in [0, 0.1) is 0 Å². The number of nitrogens with one attached hydrogen (secondary N) is 1. The third-order valence-electron chi connectivity index (χ3n) is 2.78. The van der Waals surface area contributed by atoms with E-state index in [4.69, 9.17) is 5.11 Å². The molecule has 0 unspecified atom stereocenters. The number of aromatic nitrogens is 3. The second kappa shape index (κ2) is 6.28. The summed E-state index contributed by atoms with van der Waals surface area (Å²) in [6.45, 7) is 4.40. The topological polar surface area (TPSA) is 63.0 Å². The molecular formula is C13H18N4O. The summed E-state index contributed by atoms with van der Waals surface area (Å²) in [5, 5.41) is 16.5. The third kappa shape index (κ3) is 3.15. The van der Waals surface area contributed by atoms with Gasteiger partial charge < -0.3 is 10.4 Å².